The van der Waals surface area contributed by atoms with Gasteiger partial charge in [0.2, 0.25) is 0 Å². The summed E-state index contributed by atoms with van der Waals surface area (Å²) in [5.41, 5.74) is 6.80. The molecule has 1 aromatic rings. The highest BCUT2D eigenvalue weighted by Gasteiger charge is 2.24. The Kier molecular flexibility index (Phi) is 5.23. The van der Waals surface area contributed by atoms with Gasteiger partial charge in [-0.25, -0.2) is 0 Å². The predicted molar refractivity (Wildman–Crippen MR) is 79.3 cm³/mol. The molecule has 0 aromatic heterocycles. The van der Waals surface area contributed by atoms with Crippen LogP contribution in [0.5, 0.6) is 5.75 Å². The van der Waals surface area contributed by atoms with Crippen LogP contribution in [0, 0.1) is 0 Å². The van der Waals surface area contributed by atoms with E-state index in [-0.39, 0.29) is 0 Å². The summed E-state index contributed by atoms with van der Waals surface area (Å²) in [4.78, 5) is 2.56. The third-order valence-corrected chi connectivity index (χ3v) is 4.18. The van der Waals surface area contributed by atoms with Gasteiger partial charge in [-0.05, 0) is 32.8 Å². The van der Waals surface area contributed by atoms with Crippen LogP contribution in [0.25, 0.3) is 0 Å². The van der Waals surface area contributed by atoms with E-state index in [9.17, 15) is 0 Å². The Hall–Kier alpha value is -1.06. The van der Waals surface area contributed by atoms with Gasteiger partial charge in [0.15, 0.2) is 0 Å². The van der Waals surface area contributed by atoms with Crippen molar-refractivity contribution >= 4 is 0 Å². The van der Waals surface area contributed by atoms with Crippen LogP contribution in [-0.2, 0) is 6.54 Å². The van der Waals surface area contributed by atoms with E-state index in [2.05, 4.69) is 18.7 Å². The molecule has 0 aliphatic carbocycles. The third kappa shape index (κ3) is 3.71. The van der Waals surface area contributed by atoms with Crippen molar-refractivity contribution in [2.75, 3.05) is 13.2 Å². The fraction of sp³-hybridized carbons (Fsp3) is 0.625. The summed E-state index contributed by atoms with van der Waals surface area (Å²) in [5.74, 6) is 0.933. The van der Waals surface area contributed by atoms with Gasteiger partial charge >= 0.3 is 0 Å². The molecule has 19 heavy (non-hydrogen) atoms. The maximum absolute atomic E-state index is 5.91. The number of hydrogen-bond acceptors (Lipinski definition) is 3. The number of hydrogen-bond donors (Lipinski definition) is 1. The average Bonchev–Trinajstić information content (AvgIpc) is 2.42. The largest absolute Gasteiger partial charge is 0.492 e. The molecule has 3 heteroatoms. The molecule has 0 saturated carbocycles. The van der Waals surface area contributed by atoms with Gasteiger partial charge < -0.3 is 10.5 Å². The van der Waals surface area contributed by atoms with Crippen LogP contribution in [0.4, 0.5) is 0 Å². The number of para-hydroxylation sites is 1. The van der Waals surface area contributed by atoms with Crippen LogP contribution in [0.1, 0.15) is 38.7 Å². The Labute approximate surface area is 116 Å². The molecule has 0 bridgehead atoms. The Morgan fingerprint density at radius 3 is 2.58 bits per heavy atom. The molecule has 0 radical (unpaired) electrons. The molecule has 2 rings (SSSR count). The lowest BCUT2D eigenvalue weighted by Gasteiger charge is -2.38. The van der Waals surface area contributed by atoms with Crippen molar-refractivity contribution in [3.63, 3.8) is 0 Å². The first kappa shape index (κ1) is 14.4. The number of piperidine rings is 1. The van der Waals surface area contributed by atoms with Crippen LogP contribution >= 0.6 is 0 Å². The Bertz CT molecular complexity index is 384. The fourth-order valence-electron chi connectivity index (χ4n) is 2.99. The van der Waals surface area contributed by atoms with Gasteiger partial charge in [0.1, 0.15) is 12.4 Å². The summed E-state index contributed by atoms with van der Waals surface area (Å²) >= 11 is 0. The standard InChI is InChI=1S/C16H26N2O/c1-13-6-5-7-14(2)18(13)10-11-19-16-9-4-3-8-15(16)12-17/h3-4,8-9,13-14H,5-7,10-12,17H2,1-2H3/t13-,14+. The second kappa shape index (κ2) is 6.92. The minimum Gasteiger partial charge on any atom is -0.492 e. The molecule has 0 unspecified atom stereocenters. The number of ether oxygens (including phenoxy) is 1. The smallest absolute Gasteiger partial charge is 0.123 e. The summed E-state index contributed by atoms with van der Waals surface area (Å²) in [7, 11) is 0. The minimum absolute atomic E-state index is 0.534. The lowest BCUT2D eigenvalue weighted by atomic mass is 9.98. The van der Waals surface area contributed by atoms with E-state index in [1.54, 1.807) is 0 Å². The second-order valence-corrected chi connectivity index (χ2v) is 5.53. The Morgan fingerprint density at radius 2 is 1.89 bits per heavy atom. The zero-order valence-electron chi connectivity index (χ0n) is 12.1. The van der Waals surface area contributed by atoms with E-state index in [0.717, 1.165) is 24.5 Å². The average molecular weight is 262 g/mol. The molecule has 1 saturated heterocycles. The summed E-state index contributed by atoms with van der Waals surface area (Å²) < 4.78 is 5.91. The highest BCUT2D eigenvalue weighted by molar-refractivity contribution is 5.32. The van der Waals surface area contributed by atoms with Crippen molar-refractivity contribution in [3.8, 4) is 5.75 Å². The van der Waals surface area contributed by atoms with Gasteiger partial charge in [-0.3, -0.25) is 4.90 Å². The number of nitrogens with zero attached hydrogens (tertiary/aromatic N) is 1. The minimum atomic E-state index is 0.534. The molecule has 0 amide bonds. The first-order chi connectivity index (χ1) is 9.22. The topological polar surface area (TPSA) is 38.5 Å². The molecule has 1 aliphatic rings. The third-order valence-electron chi connectivity index (χ3n) is 4.18. The number of benzene rings is 1. The van der Waals surface area contributed by atoms with E-state index in [0.29, 0.717) is 18.6 Å². The van der Waals surface area contributed by atoms with Gasteiger partial charge in [0.25, 0.3) is 0 Å². The fourth-order valence-corrected chi connectivity index (χ4v) is 2.99. The number of rotatable bonds is 5. The maximum atomic E-state index is 5.91. The van der Waals surface area contributed by atoms with Crippen LogP contribution in [0.2, 0.25) is 0 Å². The molecule has 1 aliphatic heterocycles. The molecular formula is C16H26N2O. The maximum Gasteiger partial charge on any atom is 0.123 e. The van der Waals surface area contributed by atoms with Gasteiger partial charge in [-0.1, -0.05) is 24.6 Å². The van der Waals surface area contributed by atoms with Crippen LogP contribution in [-0.4, -0.2) is 30.1 Å². The van der Waals surface area contributed by atoms with Gasteiger partial charge in [0.05, 0.1) is 0 Å². The molecule has 0 spiro atoms. The second-order valence-electron chi connectivity index (χ2n) is 5.53. The first-order valence-electron chi connectivity index (χ1n) is 7.39. The highest BCUT2D eigenvalue weighted by atomic mass is 16.5. The van der Waals surface area contributed by atoms with Crippen LogP contribution in [0.3, 0.4) is 0 Å². The lowest BCUT2D eigenvalue weighted by molar-refractivity contribution is 0.0849. The lowest BCUT2D eigenvalue weighted by Crippen LogP contribution is -2.45. The molecule has 1 aromatic carbocycles. The van der Waals surface area contributed by atoms with E-state index >= 15 is 0 Å². The Balaban J connectivity index is 1.85. The monoisotopic (exact) mass is 262 g/mol. The zero-order chi connectivity index (χ0) is 13.7. The van der Waals surface area contributed by atoms with E-state index in [1.165, 1.54) is 19.3 Å². The molecular weight excluding hydrogens is 236 g/mol. The van der Waals surface area contributed by atoms with Crippen LogP contribution < -0.4 is 10.5 Å². The van der Waals surface area contributed by atoms with Gasteiger partial charge in [0, 0.05) is 30.7 Å². The summed E-state index contributed by atoms with van der Waals surface area (Å²) in [5, 5.41) is 0. The normalized spacial score (nSPS) is 24.4. The SMILES string of the molecule is C[C@@H]1CCC[C@H](C)N1CCOc1ccccc1CN. The Morgan fingerprint density at radius 1 is 1.21 bits per heavy atom. The van der Waals surface area contributed by atoms with Crippen molar-refractivity contribution < 1.29 is 4.74 Å². The van der Waals surface area contributed by atoms with E-state index in [4.69, 9.17) is 10.5 Å². The van der Waals surface area contributed by atoms with Gasteiger partial charge in [-0.15, -0.1) is 0 Å². The molecule has 3 nitrogen and oxygen atoms in total. The number of nitrogens with two attached hydrogens (primary N) is 1. The quantitative estimate of drug-likeness (QED) is 0.887. The molecule has 1 fully saturated rings. The van der Waals surface area contributed by atoms with E-state index in [1.807, 2.05) is 24.3 Å². The van der Waals surface area contributed by atoms with Crippen LogP contribution in [0.15, 0.2) is 24.3 Å². The molecule has 2 N–H and O–H groups in total. The molecule has 106 valence electrons. The van der Waals surface area contributed by atoms with Crippen molar-refractivity contribution in [2.45, 2.75) is 51.7 Å². The summed E-state index contributed by atoms with van der Waals surface area (Å²) in [6.07, 6.45) is 3.98. The predicted octanol–water partition coefficient (Wildman–Crippen LogP) is 2.79. The number of likely N-dealkylation sites (tertiary alicyclic amines) is 1. The van der Waals surface area contributed by atoms with Crippen molar-refractivity contribution in [1.29, 1.82) is 0 Å². The van der Waals surface area contributed by atoms with Crippen molar-refractivity contribution in [1.82, 2.24) is 4.90 Å². The molecule has 1 heterocycles. The molecule has 2 atom stereocenters. The van der Waals surface area contributed by atoms with E-state index < -0.39 is 0 Å². The summed E-state index contributed by atoms with van der Waals surface area (Å²) in [6.45, 7) is 6.92. The van der Waals surface area contributed by atoms with Crippen molar-refractivity contribution in [2.24, 2.45) is 5.73 Å². The summed E-state index contributed by atoms with van der Waals surface area (Å²) in [6, 6.07) is 9.39. The zero-order valence-corrected chi connectivity index (χ0v) is 12.1. The first-order valence-corrected chi connectivity index (χ1v) is 7.39. The van der Waals surface area contributed by atoms with Crippen molar-refractivity contribution in [3.05, 3.63) is 29.8 Å². The van der Waals surface area contributed by atoms with Gasteiger partial charge in [-0.2, -0.15) is 0 Å². The highest BCUT2D eigenvalue weighted by Crippen LogP contribution is 2.22.